The third kappa shape index (κ3) is 3.18. The summed E-state index contributed by atoms with van der Waals surface area (Å²) in [5.41, 5.74) is 4.21. The Hall–Kier alpha value is -3.74. The van der Waals surface area contributed by atoms with E-state index in [-0.39, 0.29) is 11.5 Å². The van der Waals surface area contributed by atoms with Crippen LogP contribution in [0, 0.1) is 0 Å². The minimum Gasteiger partial charge on any atom is -0.333 e. The first kappa shape index (κ1) is 18.3. The molecule has 1 amide bonds. The molecule has 0 fully saturated rings. The number of hydrogen-bond donors (Lipinski definition) is 0. The number of nitrogens with zero attached hydrogens (tertiary/aromatic N) is 5. The second-order valence-corrected chi connectivity index (χ2v) is 7.62. The van der Waals surface area contributed by atoms with Gasteiger partial charge in [0.05, 0.1) is 11.9 Å². The predicted molar refractivity (Wildman–Crippen MR) is 113 cm³/mol. The molecule has 1 aliphatic rings. The molecule has 0 atom stereocenters. The molecular formula is C23H21N5O2. The summed E-state index contributed by atoms with van der Waals surface area (Å²) < 4.78 is 3.35. The van der Waals surface area contributed by atoms with Crippen molar-refractivity contribution < 1.29 is 4.79 Å². The first-order valence-corrected chi connectivity index (χ1v) is 9.93. The molecule has 0 bridgehead atoms. The van der Waals surface area contributed by atoms with Crippen molar-refractivity contribution in [3.63, 3.8) is 0 Å². The van der Waals surface area contributed by atoms with Crippen molar-refractivity contribution in [1.82, 2.24) is 24.2 Å². The van der Waals surface area contributed by atoms with Gasteiger partial charge >= 0.3 is 0 Å². The van der Waals surface area contributed by atoms with Gasteiger partial charge in [-0.15, -0.1) is 0 Å². The third-order valence-electron chi connectivity index (χ3n) is 5.59. The fraction of sp³-hybridized carbons (Fsp3) is 0.217. The Kier molecular flexibility index (Phi) is 4.43. The summed E-state index contributed by atoms with van der Waals surface area (Å²) in [5.74, 6) is -0.112. The van der Waals surface area contributed by atoms with E-state index in [0.29, 0.717) is 37.4 Å². The molecule has 0 aliphatic carbocycles. The van der Waals surface area contributed by atoms with Gasteiger partial charge in [0.25, 0.3) is 11.5 Å². The standard InChI is InChI=1S/C23H21N5O2/c1-26-14-18-15-27(11-9-17(18)12-20(26)29)23(30)21-19-8-5-10-24-22(19)28(25-21)13-16-6-3-2-4-7-16/h2-8,10,12,14H,9,11,13,15H2,1H3. The van der Waals surface area contributed by atoms with E-state index < -0.39 is 0 Å². The van der Waals surface area contributed by atoms with Crippen molar-refractivity contribution in [2.75, 3.05) is 6.54 Å². The van der Waals surface area contributed by atoms with E-state index in [1.54, 1.807) is 33.5 Å². The van der Waals surface area contributed by atoms with E-state index in [0.717, 1.165) is 22.1 Å². The van der Waals surface area contributed by atoms with E-state index in [1.807, 2.05) is 48.7 Å². The Morgan fingerprint density at radius 3 is 2.77 bits per heavy atom. The van der Waals surface area contributed by atoms with Crippen LogP contribution in [0.5, 0.6) is 0 Å². The van der Waals surface area contributed by atoms with Crippen LogP contribution >= 0.6 is 0 Å². The molecule has 150 valence electrons. The normalized spacial score (nSPS) is 13.4. The fourth-order valence-corrected chi connectivity index (χ4v) is 4.00. The topological polar surface area (TPSA) is 73.0 Å². The lowest BCUT2D eigenvalue weighted by Crippen LogP contribution is -2.37. The van der Waals surface area contributed by atoms with Crippen LogP contribution < -0.4 is 5.56 Å². The summed E-state index contributed by atoms with van der Waals surface area (Å²) in [6.07, 6.45) is 4.21. The number of fused-ring (bicyclic) bond motifs is 2. The lowest BCUT2D eigenvalue weighted by atomic mass is 10.0. The summed E-state index contributed by atoms with van der Waals surface area (Å²) in [5, 5.41) is 5.41. The quantitative estimate of drug-likeness (QED) is 0.530. The van der Waals surface area contributed by atoms with E-state index in [9.17, 15) is 9.59 Å². The molecule has 3 aromatic heterocycles. The maximum Gasteiger partial charge on any atom is 0.275 e. The van der Waals surface area contributed by atoms with Crippen molar-refractivity contribution in [3.05, 3.63) is 93.7 Å². The van der Waals surface area contributed by atoms with Gasteiger partial charge in [-0.3, -0.25) is 9.59 Å². The maximum atomic E-state index is 13.4. The average Bonchev–Trinajstić information content (AvgIpc) is 3.13. The van der Waals surface area contributed by atoms with Crippen LogP contribution in [0.25, 0.3) is 11.0 Å². The first-order chi connectivity index (χ1) is 14.6. The summed E-state index contributed by atoms with van der Waals surface area (Å²) >= 11 is 0. The van der Waals surface area contributed by atoms with Crippen molar-refractivity contribution in [1.29, 1.82) is 0 Å². The zero-order valence-corrected chi connectivity index (χ0v) is 16.7. The summed E-state index contributed by atoms with van der Waals surface area (Å²) in [7, 11) is 1.73. The van der Waals surface area contributed by atoms with Crippen molar-refractivity contribution in [2.24, 2.45) is 7.05 Å². The van der Waals surface area contributed by atoms with Crippen molar-refractivity contribution in [2.45, 2.75) is 19.5 Å². The Morgan fingerprint density at radius 2 is 1.93 bits per heavy atom. The number of carbonyl (C=O) groups is 1. The van der Waals surface area contributed by atoms with Gasteiger partial charge in [0.2, 0.25) is 0 Å². The number of amides is 1. The highest BCUT2D eigenvalue weighted by Gasteiger charge is 2.27. The molecule has 1 aromatic carbocycles. The minimum absolute atomic E-state index is 0.0229. The number of pyridine rings is 2. The summed E-state index contributed by atoms with van der Waals surface area (Å²) in [4.78, 5) is 31.6. The SMILES string of the molecule is Cn1cc2c(cc1=O)CCN(C(=O)c1nn(Cc3ccccc3)c3ncccc13)C2. The number of hydrogen-bond acceptors (Lipinski definition) is 4. The van der Waals surface area contributed by atoms with Gasteiger partial charge in [0.1, 0.15) is 0 Å². The highest BCUT2D eigenvalue weighted by atomic mass is 16.2. The zero-order chi connectivity index (χ0) is 20.7. The molecule has 5 rings (SSSR count). The van der Waals surface area contributed by atoms with Crippen LogP contribution in [0.15, 0.2) is 65.7 Å². The van der Waals surface area contributed by atoms with Crippen LogP contribution in [0.3, 0.4) is 0 Å². The van der Waals surface area contributed by atoms with Gasteiger partial charge in [-0.2, -0.15) is 5.10 Å². The van der Waals surface area contributed by atoms with Gasteiger partial charge in [-0.1, -0.05) is 30.3 Å². The molecule has 0 N–H and O–H groups in total. The van der Waals surface area contributed by atoms with Crippen LogP contribution in [0.1, 0.15) is 27.2 Å². The van der Waals surface area contributed by atoms with Gasteiger partial charge < -0.3 is 9.47 Å². The molecule has 0 spiro atoms. The maximum absolute atomic E-state index is 13.4. The second-order valence-electron chi connectivity index (χ2n) is 7.62. The average molecular weight is 399 g/mol. The molecule has 1 aliphatic heterocycles. The number of rotatable bonds is 3. The molecule has 7 nitrogen and oxygen atoms in total. The van der Waals surface area contributed by atoms with E-state index in [2.05, 4.69) is 10.1 Å². The Labute approximate surface area is 173 Å². The number of carbonyl (C=O) groups excluding carboxylic acids is 1. The molecule has 30 heavy (non-hydrogen) atoms. The smallest absolute Gasteiger partial charge is 0.275 e. The molecule has 0 saturated heterocycles. The Morgan fingerprint density at radius 1 is 1.10 bits per heavy atom. The molecule has 0 unspecified atom stereocenters. The largest absolute Gasteiger partial charge is 0.333 e. The zero-order valence-electron chi connectivity index (χ0n) is 16.7. The van der Waals surface area contributed by atoms with Gasteiger partial charge in [0, 0.05) is 38.6 Å². The van der Waals surface area contributed by atoms with Crippen LogP contribution in [0.2, 0.25) is 0 Å². The number of aryl methyl sites for hydroxylation is 1. The highest BCUT2D eigenvalue weighted by Crippen LogP contribution is 2.23. The molecule has 7 heteroatoms. The van der Waals surface area contributed by atoms with E-state index in [1.165, 1.54) is 0 Å². The number of aromatic nitrogens is 4. The van der Waals surface area contributed by atoms with Gasteiger partial charge in [-0.25, -0.2) is 9.67 Å². The van der Waals surface area contributed by atoms with Crippen LogP contribution in [-0.2, 0) is 26.6 Å². The van der Waals surface area contributed by atoms with E-state index >= 15 is 0 Å². The van der Waals surface area contributed by atoms with E-state index in [4.69, 9.17) is 0 Å². The lowest BCUT2D eigenvalue weighted by Gasteiger charge is -2.28. The van der Waals surface area contributed by atoms with Crippen LogP contribution in [-0.4, -0.2) is 36.7 Å². The monoisotopic (exact) mass is 399 g/mol. The third-order valence-corrected chi connectivity index (χ3v) is 5.59. The fourth-order valence-electron chi connectivity index (χ4n) is 4.00. The molecule has 4 heterocycles. The predicted octanol–water partition coefficient (Wildman–Crippen LogP) is 2.38. The summed E-state index contributed by atoms with van der Waals surface area (Å²) in [6.45, 7) is 1.58. The van der Waals surface area contributed by atoms with Crippen LogP contribution in [0.4, 0.5) is 0 Å². The minimum atomic E-state index is -0.112. The Bertz CT molecular complexity index is 1310. The van der Waals surface area contributed by atoms with Gasteiger partial charge in [-0.05, 0) is 35.2 Å². The molecular weight excluding hydrogens is 378 g/mol. The summed E-state index contributed by atoms with van der Waals surface area (Å²) in [6, 6.07) is 15.4. The first-order valence-electron chi connectivity index (χ1n) is 9.93. The Balaban J connectivity index is 1.49. The van der Waals surface area contributed by atoms with Gasteiger partial charge in [0.15, 0.2) is 11.3 Å². The molecule has 0 saturated carbocycles. The second kappa shape index (κ2) is 7.26. The van der Waals surface area contributed by atoms with Crippen molar-refractivity contribution in [3.8, 4) is 0 Å². The number of benzene rings is 1. The molecule has 0 radical (unpaired) electrons. The molecule has 4 aromatic rings. The highest BCUT2D eigenvalue weighted by molar-refractivity contribution is 6.04. The van der Waals surface area contributed by atoms with Crippen molar-refractivity contribution >= 4 is 16.9 Å². The lowest BCUT2D eigenvalue weighted by molar-refractivity contribution is 0.0729.